The smallest absolute Gasteiger partial charge is 0.321 e. The average Bonchev–Trinajstić information content (AvgIpc) is 3.21. The number of hydrogen-bond acceptors (Lipinski definition) is 3. The minimum atomic E-state index is -1.29. The van der Waals surface area contributed by atoms with Gasteiger partial charge in [-0.05, 0) is 48.9 Å². The van der Waals surface area contributed by atoms with Gasteiger partial charge in [0.2, 0.25) is 0 Å². The molecule has 0 aromatic heterocycles. The third kappa shape index (κ3) is 4.25. The summed E-state index contributed by atoms with van der Waals surface area (Å²) in [6.45, 7) is 0.362. The Labute approximate surface area is 191 Å². The summed E-state index contributed by atoms with van der Waals surface area (Å²) in [5, 5.41) is 10.6. The van der Waals surface area contributed by atoms with Crippen LogP contribution in [0.25, 0.3) is 5.57 Å². The monoisotopic (exact) mass is 459 g/mol. The molecule has 8 heteroatoms. The highest BCUT2D eigenvalue weighted by Gasteiger charge is 2.47. The lowest BCUT2D eigenvalue weighted by Gasteiger charge is -2.43. The molecule has 2 aromatic carbocycles. The van der Waals surface area contributed by atoms with E-state index in [9.17, 15) is 23.1 Å². The number of aliphatic hydroxyl groups excluding tert-OH is 1. The zero-order chi connectivity index (χ0) is 23.8. The van der Waals surface area contributed by atoms with E-state index in [1.54, 1.807) is 37.4 Å². The number of carbonyl (C=O) groups is 1. The van der Waals surface area contributed by atoms with Gasteiger partial charge in [0, 0.05) is 32.2 Å². The van der Waals surface area contributed by atoms with E-state index in [1.807, 2.05) is 18.0 Å². The molecular formula is C25H28F3N3O2. The van der Waals surface area contributed by atoms with Crippen molar-refractivity contribution in [3.05, 3.63) is 77.4 Å². The molecular weight excluding hydrogens is 431 g/mol. The SMILES string of the molecule is CN1CC[C@@H](N(C)C(=O)N2CC(c3cc(F)ccc3F)=C[C@@]2(CO)c2ccccc2)[C@H](F)C1. The van der Waals surface area contributed by atoms with Crippen molar-refractivity contribution >= 4 is 11.6 Å². The standard InChI is InChI=1S/C25H28F3N3O2/c1-29-11-10-23(22(28)15-29)30(2)24(33)31-14-17(20-12-19(26)8-9-21(20)27)13-25(31,16-32)18-6-4-3-5-7-18/h3-9,12-13,22-23,32H,10-11,14-16H2,1-2H3/t22-,23-,25-/m1/s1. The fourth-order valence-electron chi connectivity index (χ4n) is 4.87. The number of nitrogens with zero attached hydrogens (tertiary/aromatic N) is 3. The number of alkyl halides is 1. The minimum absolute atomic E-state index is 0.0318. The third-order valence-corrected chi connectivity index (χ3v) is 6.75. The summed E-state index contributed by atoms with van der Waals surface area (Å²) in [6, 6.07) is 11.0. The van der Waals surface area contributed by atoms with E-state index in [2.05, 4.69) is 0 Å². The molecule has 1 N–H and O–H groups in total. The molecule has 2 amide bonds. The summed E-state index contributed by atoms with van der Waals surface area (Å²) in [7, 11) is 3.39. The molecule has 0 bridgehead atoms. The number of amides is 2. The largest absolute Gasteiger partial charge is 0.393 e. The van der Waals surface area contributed by atoms with Crippen LogP contribution in [0.5, 0.6) is 0 Å². The van der Waals surface area contributed by atoms with Gasteiger partial charge in [0.25, 0.3) is 0 Å². The van der Waals surface area contributed by atoms with Crippen molar-refractivity contribution in [3.63, 3.8) is 0 Å². The van der Waals surface area contributed by atoms with Crippen LogP contribution in [0.2, 0.25) is 0 Å². The van der Waals surface area contributed by atoms with Crippen molar-refractivity contribution < 1.29 is 23.1 Å². The second-order valence-corrected chi connectivity index (χ2v) is 8.86. The molecule has 0 aliphatic carbocycles. The fourth-order valence-corrected chi connectivity index (χ4v) is 4.87. The van der Waals surface area contributed by atoms with Crippen molar-refractivity contribution in [1.82, 2.24) is 14.7 Å². The van der Waals surface area contributed by atoms with Crippen LogP contribution in [-0.2, 0) is 5.54 Å². The van der Waals surface area contributed by atoms with Crippen molar-refractivity contribution in [1.29, 1.82) is 0 Å². The summed E-state index contributed by atoms with van der Waals surface area (Å²) in [5.41, 5.74) is -0.254. The second kappa shape index (κ2) is 9.19. The Balaban J connectivity index is 1.75. The Kier molecular flexibility index (Phi) is 6.50. The first kappa shape index (κ1) is 23.3. The summed E-state index contributed by atoms with van der Waals surface area (Å²) < 4.78 is 43.4. The maximum atomic E-state index is 14.8. The van der Waals surface area contributed by atoms with Gasteiger partial charge in [-0.2, -0.15) is 0 Å². The average molecular weight is 460 g/mol. The van der Waals surface area contributed by atoms with E-state index in [-0.39, 0.29) is 18.7 Å². The number of aliphatic hydroxyl groups is 1. The number of rotatable bonds is 4. The lowest BCUT2D eigenvalue weighted by molar-refractivity contribution is 0.0417. The fraction of sp³-hybridized carbons (Fsp3) is 0.400. The highest BCUT2D eigenvalue weighted by atomic mass is 19.1. The molecule has 33 heavy (non-hydrogen) atoms. The molecule has 1 fully saturated rings. The molecule has 0 spiro atoms. The molecule has 5 nitrogen and oxygen atoms in total. The molecule has 4 rings (SSSR count). The number of hydrogen-bond donors (Lipinski definition) is 1. The second-order valence-electron chi connectivity index (χ2n) is 8.86. The number of benzene rings is 2. The summed E-state index contributed by atoms with van der Waals surface area (Å²) in [6.07, 6.45) is 0.881. The topological polar surface area (TPSA) is 47.0 Å². The Bertz CT molecular complexity index is 1050. The van der Waals surface area contributed by atoms with Crippen LogP contribution < -0.4 is 0 Å². The lowest BCUT2D eigenvalue weighted by atomic mass is 9.89. The number of piperidine rings is 1. The van der Waals surface area contributed by atoms with Gasteiger partial charge in [-0.25, -0.2) is 18.0 Å². The first-order valence-corrected chi connectivity index (χ1v) is 11.0. The van der Waals surface area contributed by atoms with Gasteiger partial charge in [0.1, 0.15) is 23.3 Å². The highest BCUT2D eigenvalue weighted by Crippen LogP contribution is 2.41. The quantitative estimate of drug-likeness (QED) is 0.760. The number of urea groups is 1. The molecule has 1 saturated heterocycles. The number of carbonyl (C=O) groups excluding carboxylic acids is 1. The normalized spacial score (nSPS) is 25.8. The lowest BCUT2D eigenvalue weighted by Crippen LogP contribution is -2.58. The first-order chi connectivity index (χ1) is 15.8. The van der Waals surface area contributed by atoms with Crippen molar-refractivity contribution in [2.24, 2.45) is 0 Å². The maximum absolute atomic E-state index is 14.8. The molecule has 2 heterocycles. The van der Waals surface area contributed by atoms with Gasteiger partial charge >= 0.3 is 6.03 Å². The van der Waals surface area contributed by atoms with Crippen LogP contribution in [0, 0.1) is 11.6 Å². The van der Waals surface area contributed by atoms with Gasteiger partial charge in [0.05, 0.1) is 12.6 Å². The van der Waals surface area contributed by atoms with Gasteiger partial charge in [0.15, 0.2) is 0 Å². The van der Waals surface area contributed by atoms with Crippen LogP contribution >= 0.6 is 0 Å². The van der Waals surface area contributed by atoms with Crippen molar-refractivity contribution in [3.8, 4) is 0 Å². The minimum Gasteiger partial charge on any atom is -0.393 e. The molecule has 2 aromatic rings. The number of likely N-dealkylation sites (tertiary alicyclic amines) is 1. The Morgan fingerprint density at radius 1 is 1.21 bits per heavy atom. The Morgan fingerprint density at radius 2 is 1.94 bits per heavy atom. The molecule has 0 radical (unpaired) electrons. The van der Waals surface area contributed by atoms with Crippen LogP contribution in [0.4, 0.5) is 18.0 Å². The Hall–Kier alpha value is -2.84. The maximum Gasteiger partial charge on any atom is 0.321 e. The Morgan fingerprint density at radius 3 is 2.61 bits per heavy atom. The molecule has 176 valence electrons. The predicted octanol–water partition coefficient (Wildman–Crippen LogP) is 3.65. The highest BCUT2D eigenvalue weighted by molar-refractivity contribution is 5.83. The van der Waals surface area contributed by atoms with Crippen molar-refractivity contribution in [2.75, 3.05) is 40.3 Å². The molecule has 3 atom stereocenters. The van der Waals surface area contributed by atoms with Crippen LogP contribution in [-0.4, -0.2) is 78.4 Å². The first-order valence-electron chi connectivity index (χ1n) is 11.0. The van der Waals surface area contributed by atoms with E-state index in [4.69, 9.17) is 0 Å². The predicted molar refractivity (Wildman–Crippen MR) is 120 cm³/mol. The molecule has 0 saturated carbocycles. The van der Waals surface area contributed by atoms with E-state index in [0.29, 0.717) is 24.1 Å². The summed E-state index contributed by atoms with van der Waals surface area (Å²) in [5.74, 6) is -1.22. The van der Waals surface area contributed by atoms with Crippen LogP contribution in [0.15, 0.2) is 54.6 Å². The van der Waals surface area contributed by atoms with E-state index in [1.165, 1.54) is 9.80 Å². The van der Waals surface area contributed by atoms with Gasteiger partial charge in [-0.15, -0.1) is 0 Å². The van der Waals surface area contributed by atoms with E-state index < -0.39 is 42.0 Å². The van der Waals surface area contributed by atoms with Gasteiger partial charge in [-0.3, -0.25) is 0 Å². The summed E-state index contributed by atoms with van der Waals surface area (Å²) >= 11 is 0. The zero-order valence-corrected chi connectivity index (χ0v) is 18.7. The van der Waals surface area contributed by atoms with Crippen LogP contribution in [0.1, 0.15) is 17.5 Å². The number of halogens is 3. The zero-order valence-electron chi connectivity index (χ0n) is 18.7. The molecule has 2 aliphatic heterocycles. The third-order valence-electron chi connectivity index (χ3n) is 6.75. The van der Waals surface area contributed by atoms with Crippen molar-refractivity contribution in [2.45, 2.75) is 24.2 Å². The van der Waals surface area contributed by atoms with Gasteiger partial charge < -0.3 is 19.8 Å². The van der Waals surface area contributed by atoms with Crippen LogP contribution in [0.3, 0.4) is 0 Å². The van der Waals surface area contributed by atoms with E-state index in [0.717, 1.165) is 18.2 Å². The summed E-state index contributed by atoms with van der Waals surface area (Å²) in [4.78, 5) is 18.4. The molecule has 0 unspecified atom stereocenters. The van der Waals surface area contributed by atoms with Gasteiger partial charge in [-0.1, -0.05) is 30.3 Å². The van der Waals surface area contributed by atoms with E-state index >= 15 is 0 Å². The molecule has 2 aliphatic rings.